The lowest BCUT2D eigenvalue weighted by Crippen LogP contribution is -2.06. The van der Waals surface area contributed by atoms with E-state index in [1.54, 1.807) is 12.1 Å². The fourth-order valence-electron chi connectivity index (χ4n) is 1.25. The average Bonchev–Trinajstić information content (AvgIpc) is 2.17. The van der Waals surface area contributed by atoms with E-state index in [1.807, 2.05) is 13.8 Å². The Kier molecular flexibility index (Phi) is 3.56. The number of rotatable bonds is 2. The first kappa shape index (κ1) is 11.8. The fraction of sp³-hybridized carbons (Fsp3) is 0.333. The summed E-state index contributed by atoms with van der Waals surface area (Å²) in [5, 5.41) is 0. The van der Waals surface area contributed by atoms with Crippen molar-refractivity contribution in [2.75, 3.05) is 0 Å². The molecule has 0 aromatic heterocycles. The van der Waals surface area contributed by atoms with Gasteiger partial charge in [0, 0.05) is 0 Å². The number of alkyl halides is 3. The summed E-state index contributed by atoms with van der Waals surface area (Å²) < 4.78 is 37.7. The topological polar surface area (TPSA) is 0 Å². The van der Waals surface area contributed by atoms with Crippen molar-refractivity contribution in [1.29, 1.82) is 0 Å². The first-order valence-electron chi connectivity index (χ1n) is 4.78. The minimum atomic E-state index is -4.28. The molecule has 0 aliphatic carbocycles. The number of hydrogen-bond donors (Lipinski definition) is 0. The molecule has 0 bridgehead atoms. The summed E-state index contributed by atoms with van der Waals surface area (Å²) in [6.07, 6.45) is -1.93. The number of halogens is 3. The summed E-state index contributed by atoms with van der Waals surface area (Å²) >= 11 is 0. The Labute approximate surface area is 87.4 Å². The van der Waals surface area contributed by atoms with Crippen LogP contribution in [0.2, 0.25) is 0 Å². The molecule has 3 heteroatoms. The Morgan fingerprint density at radius 1 is 1.27 bits per heavy atom. The van der Waals surface area contributed by atoms with Gasteiger partial charge in [-0.25, -0.2) is 0 Å². The highest BCUT2D eigenvalue weighted by Crippen LogP contribution is 2.32. The van der Waals surface area contributed by atoms with Gasteiger partial charge in [0.1, 0.15) is 0 Å². The first-order chi connectivity index (χ1) is 6.95. The first-order valence-corrected chi connectivity index (χ1v) is 4.78. The molecular formula is C12H13F3. The smallest absolute Gasteiger partial charge is 0.166 e. The molecule has 1 rings (SSSR count). The van der Waals surface area contributed by atoms with Crippen LogP contribution in [0.4, 0.5) is 13.2 Å². The van der Waals surface area contributed by atoms with Crippen molar-refractivity contribution in [3.63, 3.8) is 0 Å². The van der Waals surface area contributed by atoms with Crippen LogP contribution >= 0.6 is 0 Å². The van der Waals surface area contributed by atoms with E-state index in [0.717, 1.165) is 18.1 Å². The molecule has 0 N–H and O–H groups in total. The highest BCUT2D eigenvalue weighted by atomic mass is 19.4. The van der Waals surface area contributed by atoms with Gasteiger partial charge in [0.2, 0.25) is 0 Å². The van der Waals surface area contributed by atoms with Gasteiger partial charge in [-0.15, -0.1) is 0 Å². The van der Waals surface area contributed by atoms with E-state index in [9.17, 15) is 13.2 Å². The van der Waals surface area contributed by atoms with Gasteiger partial charge < -0.3 is 0 Å². The summed E-state index contributed by atoms with van der Waals surface area (Å²) in [4.78, 5) is 0. The monoisotopic (exact) mass is 214 g/mol. The van der Waals surface area contributed by atoms with Gasteiger partial charge in [-0.05, 0) is 25.0 Å². The van der Waals surface area contributed by atoms with Crippen molar-refractivity contribution in [2.24, 2.45) is 0 Å². The highest BCUT2D eigenvalue weighted by Gasteiger charge is 2.32. The molecule has 0 atom stereocenters. The van der Waals surface area contributed by atoms with Crippen molar-refractivity contribution in [3.8, 4) is 0 Å². The third-order valence-corrected chi connectivity index (χ3v) is 2.23. The van der Waals surface area contributed by atoms with E-state index in [-0.39, 0.29) is 5.56 Å². The molecular weight excluding hydrogens is 201 g/mol. The standard InChI is InChI=1S/C12H13F3/c1-3-9(2)8-10-6-4-5-7-11(10)12(13,14)15/h4-8H,3H2,1-2H3/b9-8+. The molecule has 1 aromatic rings. The van der Waals surface area contributed by atoms with Crippen LogP contribution in [0, 0.1) is 0 Å². The lowest BCUT2D eigenvalue weighted by atomic mass is 10.0. The Balaban J connectivity index is 3.19. The molecule has 0 nitrogen and oxygen atoms in total. The van der Waals surface area contributed by atoms with Crippen molar-refractivity contribution in [1.82, 2.24) is 0 Å². The van der Waals surface area contributed by atoms with Crippen LogP contribution in [-0.4, -0.2) is 0 Å². The number of allylic oxidation sites excluding steroid dienone is 1. The zero-order valence-corrected chi connectivity index (χ0v) is 8.73. The van der Waals surface area contributed by atoms with Crippen molar-refractivity contribution in [3.05, 3.63) is 41.0 Å². The van der Waals surface area contributed by atoms with E-state index < -0.39 is 11.7 Å². The highest BCUT2D eigenvalue weighted by molar-refractivity contribution is 5.57. The molecule has 0 fully saturated rings. The predicted octanol–water partition coefficient (Wildman–Crippen LogP) is 4.52. The van der Waals surface area contributed by atoms with Crippen LogP contribution in [0.25, 0.3) is 6.08 Å². The fourth-order valence-corrected chi connectivity index (χ4v) is 1.25. The molecule has 0 amide bonds. The third kappa shape index (κ3) is 3.11. The van der Waals surface area contributed by atoms with Gasteiger partial charge in [-0.3, -0.25) is 0 Å². The SMILES string of the molecule is CC/C(C)=C/c1ccccc1C(F)(F)F. The summed E-state index contributed by atoms with van der Waals surface area (Å²) in [6.45, 7) is 3.75. The summed E-state index contributed by atoms with van der Waals surface area (Å²) in [5.41, 5.74) is 0.605. The lowest BCUT2D eigenvalue weighted by Gasteiger charge is -2.10. The molecule has 0 saturated carbocycles. The van der Waals surface area contributed by atoms with Gasteiger partial charge >= 0.3 is 6.18 Å². The maximum absolute atomic E-state index is 12.6. The Hall–Kier alpha value is -1.25. The van der Waals surface area contributed by atoms with Gasteiger partial charge in [-0.2, -0.15) is 13.2 Å². The summed E-state index contributed by atoms with van der Waals surface area (Å²) in [5.74, 6) is 0. The van der Waals surface area contributed by atoms with Gasteiger partial charge in [-0.1, -0.05) is 36.8 Å². The minimum absolute atomic E-state index is 0.240. The van der Waals surface area contributed by atoms with Crippen molar-refractivity contribution in [2.45, 2.75) is 26.4 Å². The summed E-state index contributed by atoms with van der Waals surface area (Å²) in [7, 11) is 0. The zero-order valence-electron chi connectivity index (χ0n) is 8.73. The second-order valence-electron chi connectivity index (χ2n) is 3.43. The lowest BCUT2D eigenvalue weighted by molar-refractivity contribution is -0.137. The largest absolute Gasteiger partial charge is 0.416 e. The van der Waals surface area contributed by atoms with E-state index in [4.69, 9.17) is 0 Å². The van der Waals surface area contributed by atoms with E-state index in [2.05, 4.69) is 0 Å². The molecule has 15 heavy (non-hydrogen) atoms. The van der Waals surface area contributed by atoms with Gasteiger partial charge in [0.15, 0.2) is 0 Å². The van der Waals surface area contributed by atoms with Crippen LogP contribution in [0.5, 0.6) is 0 Å². The maximum Gasteiger partial charge on any atom is 0.416 e. The van der Waals surface area contributed by atoms with Crippen LogP contribution in [0.1, 0.15) is 31.4 Å². The van der Waals surface area contributed by atoms with Gasteiger partial charge in [0.25, 0.3) is 0 Å². The van der Waals surface area contributed by atoms with Crippen LogP contribution in [0.3, 0.4) is 0 Å². The molecule has 0 saturated heterocycles. The maximum atomic E-state index is 12.6. The number of benzene rings is 1. The second-order valence-corrected chi connectivity index (χ2v) is 3.43. The molecule has 82 valence electrons. The Morgan fingerprint density at radius 3 is 2.40 bits per heavy atom. The molecule has 0 radical (unpaired) electrons. The molecule has 0 spiro atoms. The zero-order chi connectivity index (χ0) is 11.5. The van der Waals surface area contributed by atoms with Crippen LogP contribution in [0.15, 0.2) is 29.8 Å². The molecule has 0 aliphatic rings. The summed E-state index contributed by atoms with van der Waals surface area (Å²) in [6, 6.07) is 5.61. The van der Waals surface area contributed by atoms with E-state index in [1.165, 1.54) is 12.1 Å². The second kappa shape index (κ2) is 4.51. The third-order valence-electron chi connectivity index (χ3n) is 2.23. The average molecular weight is 214 g/mol. The van der Waals surface area contributed by atoms with E-state index in [0.29, 0.717) is 0 Å². The Bertz CT molecular complexity index is 361. The minimum Gasteiger partial charge on any atom is -0.166 e. The van der Waals surface area contributed by atoms with Crippen LogP contribution < -0.4 is 0 Å². The van der Waals surface area contributed by atoms with Crippen molar-refractivity contribution >= 4 is 6.08 Å². The van der Waals surface area contributed by atoms with Crippen molar-refractivity contribution < 1.29 is 13.2 Å². The number of hydrogen-bond acceptors (Lipinski definition) is 0. The van der Waals surface area contributed by atoms with Gasteiger partial charge in [0.05, 0.1) is 5.56 Å². The molecule has 0 heterocycles. The van der Waals surface area contributed by atoms with E-state index >= 15 is 0 Å². The molecule has 1 aromatic carbocycles. The molecule has 0 aliphatic heterocycles. The normalized spacial score (nSPS) is 13.0. The quantitative estimate of drug-likeness (QED) is 0.679. The van der Waals surface area contributed by atoms with Crippen LogP contribution in [-0.2, 0) is 6.18 Å². The predicted molar refractivity (Wildman–Crippen MR) is 55.4 cm³/mol. The molecule has 0 unspecified atom stereocenters. The Morgan fingerprint density at radius 2 is 1.87 bits per heavy atom.